The van der Waals surface area contributed by atoms with Gasteiger partial charge in [-0.15, -0.1) is 0 Å². The molecule has 0 amide bonds. The van der Waals surface area contributed by atoms with Gasteiger partial charge in [0.1, 0.15) is 11.6 Å². The van der Waals surface area contributed by atoms with Crippen LogP contribution in [0.4, 0.5) is 8.78 Å². The molecule has 0 spiro atoms. The molecule has 1 unspecified atom stereocenters. The summed E-state index contributed by atoms with van der Waals surface area (Å²) in [6.45, 7) is 2.95. The quantitative estimate of drug-likeness (QED) is 0.811. The van der Waals surface area contributed by atoms with Crippen LogP contribution in [0.3, 0.4) is 0 Å². The number of likely N-dealkylation sites (N-methyl/N-ethyl adjacent to an activating group) is 1. The maximum Gasteiger partial charge on any atom is 0.126 e. The summed E-state index contributed by atoms with van der Waals surface area (Å²) in [7, 11) is 0. The van der Waals surface area contributed by atoms with Crippen molar-refractivity contribution in [2.24, 2.45) is 0 Å². The summed E-state index contributed by atoms with van der Waals surface area (Å²) in [4.78, 5) is 0. The fourth-order valence-corrected chi connectivity index (χ4v) is 4.21. The molecule has 1 N–H and O–H groups in total. The third kappa shape index (κ3) is 5.06. The average Bonchev–Trinajstić information content (AvgIpc) is 2.88. The van der Waals surface area contributed by atoms with E-state index in [1.165, 1.54) is 37.8 Å². The Morgan fingerprint density at radius 1 is 1.20 bits per heavy atom. The highest BCUT2D eigenvalue weighted by molar-refractivity contribution is 7.99. The maximum absolute atomic E-state index is 13.2. The molecule has 1 saturated carbocycles. The minimum Gasteiger partial charge on any atom is -0.313 e. The van der Waals surface area contributed by atoms with Gasteiger partial charge in [0, 0.05) is 23.1 Å². The number of hydrogen-bond acceptors (Lipinski definition) is 2. The number of rotatable bonds is 7. The number of nitrogens with one attached hydrogen (secondary N) is 1. The average molecular weight is 299 g/mol. The highest BCUT2D eigenvalue weighted by Gasteiger charge is 2.18. The molecule has 1 aliphatic carbocycles. The molecule has 0 bridgehead atoms. The third-order valence-electron chi connectivity index (χ3n) is 3.73. The van der Waals surface area contributed by atoms with E-state index in [0.717, 1.165) is 29.2 Å². The first-order valence-corrected chi connectivity index (χ1v) is 8.52. The van der Waals surface area contributed by atoms with Gasteiger partial charge in [-0.3, -0.25) is 0 Å². The minimum atomic E-state index is -0.487. The number of hydrogen-bond donors (Lipinski definition) is 1. The van der Waals surface area contributed by atoms with Gasteiger partial charge in [0.05, 0.1) is 0 Å². The van der Waals surface area contributed by atoms with Crippen LogP contribution in [-0.2, 0) is 6.42 Å². The SMILES string of the molecule is CCNC(CSC1CCCC1)Cc1cc(F)cc(F)c1. The molecule has 1 nitrogen and oxygen atoms in total. The van der Waals surface area contributed by atoms with Gasteiger partial charge in [-0.1, -0.05) is 19.8 Å². The van der Waals surface area contributed by atoms with Crippen LogP contribution in [0.2, 0.25) is 0 Å². The predicted octanol–water partition coefficient (Wildman–Crippen LogP) is 4.16. The van der Waals surface area contributed by atoms with Gasteiger partial charge in [0.25, 0.3) is 0 Å². The van der Waals surface area contributed by atoms with E-state index < -0.39 is 11.6 Å². The highest BCUT2D eigenvalue weighted by atomic mass is 32.2. The molecule has 0 aliphatic heterocycles. The lowest BCUT2D eigenvalue weighted by Crippen LogP contribution is -2.33. The van der Waals surface area contributed by atoms with Crippen molar-refractivity contribution >= 4 is 11.8 Å². The zero-order valence-corrected chi connectivity index (χ0v) is 12.8. The second-order valence-corrected chi connectivity index (χ2v) is 6.81. The van der Waals surface area contributed by atoms with E-state index in [0.29, 0.717) is 6.42 Å². The lowest BCUT2D eigenvalue weighted by molar-refractivity contribution is 0.554. The van der Waals surface area contributed by atoms with Crippen molar-refractivity contribution in [3.8, 4) is 0 Å². The van der Waals surface area contributed by atoms with Crippen molar-refractivity contribution in [2.75, 3.05) is 12.3 Å². The molecular weight excluding hydrogens is 276 g/mol. The van der Waals surface area contributed by atoms with E-state index in [1.807, 2.05) is 11.8 Å². The first-order valence-electron chi connectivity index (χ1n) is 7.47. The highest BCUT2D eigenvalue weighted by Crippen LogP contribution is 2.30. The largest absolute Gasteiger partial charge is 0.313 e. The Hall–Kier alpha value is -0.610. The minimum absolute atomic E-state index is 0.284. The molecule has 0 aromatic heterocycles. The van der Waals surface area contributed by atoms with Crippen molar-refractivity contribution in [3.63, 3.8) is 0 Å². The lowest BCUT2D eigenvalue weighted by atomic mass is 10.1. The summed E-state index contributed by atoms with van der Waals surface area (Å²) in [6, 6.07) is 4.09. The molecule has 1 fully saturated rings. The van der Waals surface area contributed by atoms with Crippen LogP contribution in [0, 0.1) is 11.6 Å². The Kier molecular flexibility index (Phi) is 6.30. The first-order chi connectivity index (χ1) is 9.67. The van der Waals surface area contributed by atoms with Crippen LogP contribution in [0.1, 0.15) is 38.2 Å². The molecular formula is C16H23F2NS. The monoisotopic (exact) mass is 299 g/mol. The van der Waals surface area contributed by atoms with Gasteiger partial charge in [-0.2, -0.15) is 11.8 Å². The van der Waals surface area contributed by atoms with Crippen LogP contribution in [0.15, 0.2) is 18.2 Å². The second-order valence-electron chi connectivity index (χ2n) is 5.48. The van der Waals surface area contributed by atoms with Crippen molar-refractivity contribution < 1.29 is 8.78 Å². The molecule has 1 aromatic carbocycles. The molecule has 0 saturated heterocycles. The topological polar surface area (TPSA) is 12.0 Å². The Bertz CT molecular complexity index is 399. The van der Waals surface area contributed by atoms with Gasteiger partial charge in [-0.05, 0) is 43.5 Å². The van der Waals surface area contributed by atoms with Gasteiger partial charge >= 0.3 is 0 Å². The summed E-state index contributed by atoms with van der Waals surface area (Å²) < 4.78 is 26.5. The molecule has 4 heteroatoms. The summed E-state index contributed by atoms with van der Waals surface area (Å²) in [5.74, 6) is 0.0359. The van der Waals surface area contributed by atoms with Gasteiger partial charge in [-0.25, -0.2) is 8.78 Å². The van der Waals surface area contributed by atoms with Crippen molar-refractivity contribution in [1.82, 2.24) is 5.32 Å². The Labute approximate surface area is 124 Å². The van der Waals surface area contributed by atoms with E-state index in [9.17, 15) is 8.78 Å². The fraction of sp³-hybridized carbons (Fsp3) is 0.625. The van der Waals surface area contributed by atoms with Crippen LogP contribution in [0.25, 0.3) is 0 Å². The lowest BCUT2D eigenvalue weighted by Gasteiger charge is -2.20. The number of thioether (sulfide) groups is 1. The van der Waals surface area contributed by atoms with Crippen molar-refractivity contribution in [2.45, 2.75) is 50.3 Å². The van der Waals surface area contributed by atoms with Crippen LogP contribution in [0.5, 0.6) is 0 Å². The Morgan fingerprint density at radius 3 is 2.45 bits per heavy atom. The molecule has 1 aromatic rings. The van der Waals surface area contributed by atoms with Crippen LogP contribution in [-0.4, -0.2) is 23.6 Å². The number of benzene rings is 1. The molecule has 2 rings (SSSR count). The second kappa shape index (κ2) is 7.99. The molecule has 112 valence electrons. The number of halogens is 2. The van der Waals surface area contributed by atoms with E-state index in [4.69, 9.17) is 0 Å². The van der Waals surface area contributed by atoms with Gasteiger partial charge < -0.3 is 5.32 Å². The third-order valence-corrected chi connectivity index (χ3v) is 5.27. The predicted molar refractivity (Wildman–Crippen MR) is 82.2 cm³/mol. The molecule has 1 aliphatic rings. The van der Waals surface area contributed by atoms with Crippen LogP contribution < -0.4 is 5.32 Å². The summed E-state index contributed by atoms with van der Waals surface area (Å²) in [5, 5.41) is 4.21. The molecule has 0 heterocycles. The van der Waals surface area contributed by atoms with E-state index in [-0.39, 0.29) is 6.04 Å². The van der Waals surface area contributed by atoms with Crippen molar-refractivity contribution in [3.05, 3.63) is 35.4 Å². The maximum atomic E-state index is 13.2. The van der Waals surface area contributed by atoms with Crippen molar-refractivity contribution in [1.29, 1.82) is 0 Å². The normalized spacial score (nSPS) is 17.6. The fourth-order valence-electron chi connectivity index (χ4n) is 2.80. The first kappa shape index (κ1) is 15.8. The summed E-state index contributed by atoms with van der Waals surface area (Å²) in [5.41, 5.74) is 0.737. The molecule has 0 radical (unpaired) electrons. The Balaban J connectivity index is 1.89. The summed E-state index contributed by atoms with van der Waals surface area (Å²) in [6.07, 6.45) is 6.01. The summed E-state index contributed by atoms with van der Waals surface area (Å²) >= 11 is 2.01. The molecule has 1 atom stereocenters. The van der Waals surface area contributed by atoms with E-state index >= 15 is 0 Å². The van der Waals surface area contributed by atoms with Gasteiger partial charge in [0.2, 0.25) is 0 Å². The van der Waals surface area contributed by atoms with Crippen LogP contribution >= 0.6 is 11.8 Å². The van der Waals surface area contributed by atoms with Gasteiger partial charge in [0.15, 0.2) is 0 Å². The Morgan fingerprint density at radius 2 is 1.85 bits per heavy atom. The zero-order chi connectivity index (χ0) is 14.4. The van der Waals surface area contributed by atoms with E-state index in [1.54, 1.807) is 0 Å². The molecule has 20 heavy (non-hydrogen) atoms. The zero-order valence-electron chi connectivity index (χ0n) is 12.0. The van der Waals surface area contributed by atoms with E-state index in [2.05, 4.69) is 12.2 Å². The smallest absolute Gasteiger partial charge is 0.126 e. The standard InChI is InChI=1S/C16H23F2NS/c1-2-19-15(11-20-16-5-3-4-6-16)9-12-7-13(17)10-14(18)8-12/h7-8,10,15-16,19H,2-6,9,11H2,1H3.